The first-order valence-corrected chi connectivity index (χ1v) is 10.6. The molecule has 0 aromatic heterocycles. The second kappa shape index (κ2) is 8.10. The predicted molar refractivity (Wildman–Crippen MR) is 106 cm³/mol. The fraction of sp³-hybridized carbons (Fsp3) is 0.350. The van der Waals surface area contributed by atoms with Crippen molar-refractivity contribution in [3.05, 3.63) is 60.2 Å². The molecule has 0 bridgehead atoms. The van der Waals surface area contributed by atoms with Gasteiger partial charge in [0.1, 0.15) is 0 Å². The van der Waals surface area contributed by atoms with Crippen LogP contribution in [0.1, 0.15) is 24.2 Å². The summed E-state index contributed by atoms with van der Waals surface area (Å²) in [7, 11) is -3.75. The number of carbonyl (C=O) groups excluding carboxylic acids is 1. The molecule has 2 aromatic rings. The molecule has 27 heavy (non-hydrogen) atoms. The van der Waals surface area contributed by atoms with Gasteiger partial charge in [-0.2, -0.15) is 0 Å². The molecule has 6 nitrogen and oxygen atoms in total. The van der Waals surface area contributed by atoms with E-state index >= 15 is 0 Å². The van der Waals surface area contributed by atoms with E-state index in [0.717, 1.165) is 6.54 Å². The molecule has 0 saturated carbocycles. The van der Waals surface area contributed by atoms with Crippen molar-refractivity contribution in [3.8, 4) is 0 Å². The normalized spacial score (nSPS) is 17.6. The maximum atomic E-state index is 13.2. The Kier molecular flexibility index (Phi) is 5.82. The van der Waals surface area contributed by atoms with E-state index in [9.17, 15) is 13.2 Å². The van der Waals surface area contributed by atoms with Crippen LogP contribution < -0.4 is 9.62 Å². The molecule has 1 N–H and O–H groups in total. The zero-order chi connectivity index (χ0) is 19.4. The zero-order valence-corrected chi connectivity index (χ0v) is 16.4. The summed E-state index contributed by atoms with van der Waals surface area (Å²) in [4.78, 5) is 14.7. The highest BCUT2D eigenvalue weighted by Crippen LogP contribution is 2.24. The van der Waals surface area contributed by atoms with Gasteiger partial charge >= 0.3 is 0 Å². The summed E-state index contributed by atoms with van der Waals surface area (Å²) in [5, 5.41) is 3.30. The number of sulfonamides is 1. The molecule has 1 fully saturated rings. The number of hydrogen-bond donors (Lipinski definition) is 1. The Morgan fingerprint density at radius 1 is 1.19 bits per heavy atom. The molecule has 0 aliphatic carbocycles. The topological polar surface area (TPSA) is 69.7 Å². The first-order valence-electron chi connectivity index (χ1n) is 9.14. The van der Waals surface area contributed by atoms with Crippen LogP contribution in [0.5, 0.6) is 0 Å². The van der Waals surface area contributed by atoms with Crippen LogP contribution in [0, 0.1) is 0 Å². The molecule has 1 amide bonds. The lowest BCUT2D eigenvalue weighted by molar-refractivity contribution is 0.0709. The first-order chi connectivity index (χ1) is 12.9. The Bertz CT molecular complexity index is 900. The molecule has 3 rings (SSSR count). The predicted octanol–water partition coefficient (Wildman–Crippen LogP) is 2.34. The number of nitrogens with zero attached hydrogens (tertiary/aromatic N) is 2. The van der Waals surface area contributed by atoms with Gasteiger partial charge in [0, 0.05) is 37.8 Å². The fourth-order valence-electron chi connectivity index (χ4n) is 3.30. The molecule has 1 atom stereocenters. The quantitative estimate of drug-likeness (QED) is 0.855. The molecular weight excluding hydrogens is 362 g/mol. The molecule has 1 saturated heterocycles. The van der Waals surface area contributed by atoms with Gasteiger partial charge in [-0.25, -0.2) is 8.42 Å². The van der Waals surface area contributed by atoms with Gasteiger partial charge in [-0.3, -0.25) is 9.10 Å². The summed E-state index contributed by atoms with van der Waals surface area (Å²) in [6.07, 6.45) is 0. The largest absolute Gasteiger partial charge is 0.336 e. The van der Waals surface area contributed by atoms with E-state index in [1.165, 1.54) is 16.4 Å². The molecular formula is C20H25N3O3S. The SMILES string of the molecule is CCN(c1ccccc1)S(=O)(=O)c1cccc(C(=O)N2CCNC(C)C2)c1. The standard InChI is InChI=1S/C20H25N3O3S/c1-3-23(18-9-5-4-6-10-18)27(25,26)19-11-7-8-17(14-19)20(24)22-13-12-21-16(2)15-22/h4-11,14,16,21H,3,12-13,15H2,1-2H3. The molecule has 1 aliphatic rings. The van der Waals surface area contributed by atoms with E-state index in [1.807, 2.05) is 13.0 Å². The van der Waals surface area contributed by atoms with E-state index < -0.39 is 10.0 Å². The van der Waals surface area contributed by atoms with Crippen LogP contribution in [0.2, 0.25) is 0 Å². The summed E-state index contributed by atoms with van der Waals surface area (Å²) < 4.78 is 27.7. The molecule has 1 aliphatic heterocycles. The van der Waals surface area contributed by atoms with Crippen molar-refractivity contribution in [3.63, 3.8) is 0 Å². The lowest BCUT2D eigenvalue weighted by atomic mass is 10.1. The van der Waals surface area contributed by atoms with Crippen molar-refractivity contribution < 1.29 is 13.2 Å². The summed E-state index contributed by atoms with van der Waals surface area (Å²) >= 11 is 0. The number of nitrogens with one attached hydrogen (secondary N) is 1. The highest BCUT2D eigenvalue weighted by molar-refractivity contribution is 7.92. The maximum absolute atomic E-state index is 13.2. The van der Waals surface area contributed by atoms with Crippen LogP contribution in [0.25, 0.3) is 0 Å². The van der Waals surface area contributed by atoms with Crippen molar-refractivity contribution in [1.29, 1.82) is 0 Å². The Balaban J connectivity index is 1.91. The maximum Gasteiger partial charge on any atom is 0.264 e. The third kappa shape index (κ3) is 4.14. The second-order valence-corrected chi connectivity index (χ2v) is 8.50. The fourth-order valence-corrected chi connectivity index (χ4v) is 4.82. The third-order valence-electron chi connectivity index (χ3n) is 4.66. The highest BCUT2D eigenvalue weighted by Gasteiger charge is 2.26. The minimum Gasteiger partial charge on any atom is -0.336 e. The number of benzene rings is 2. The van der Waals surface area contributed by atoms with Gasteiger partial charge in [0.2, 0.25) is 0 Å². The molecule has 0 radical (unpaired) electrons. The van der Waals surface area contributed by atoms with E-state index in [1.54, 1.807) is 48.2 Å². The lowest BCUT2D eigenvalue weighted by Gasteiger charge is -2.32. The number of hydrogen-bond acceptors (Lipinski definition) is 4. The molecule has 2 aromatic carbocycles. The van der Waals surface area contributed by atoms with E-state index in [0.29, 0.717) is 30.9 Å². The average Bonchev–Trinajstić information content (AvgIpc) is 2.69. The van der Waals surface area contributed by atoms with E-state index in [-0.39, 0.29) is 16.8 Å². The van der Waals surface area contributed by atoms with Crippen molar-refractivity contribution in [2.24, 2.45) is 0 Å². The van der Waals surface area contributed by atoms with Gasteiger partial charge in [-0.05, 0) is 44.2 Å². The molecule has 0 spiro atoms. The van der Waals surface area contributed by atoms with Crippen LogP contribution in [0.4, 0.5) is 5.69 Å². The van der Waals surface area contributed by atoms with Crippen molar-refractivity contribution in [1.82, 2.24) is 10.2 Å². The molecule has 1 heterocycles. The summed E-state index contributed by atoms with van der Waals surface area (Å²) in [6, 6.07) is 15.5. The number of para-hydroxylation sites is 1. The van der Waals surface area contributed by atoms with Gasteiger partial charge in [0.05, 0.1) is 10.6 Å². The Morgan fingerprint density at radius 3 is 2.59 bits per heavy atom. The number of carbonyl (C=O) groups is 1. The monoisotopic (exact) mass is 387 g/mol. The van der Waals surface area contributed by atoms with Crippen LogP contribution in [-0.2, 0) is 10.0 Å². The summed E-state index contributed by atoms with van der Waals surface area (Å²) in [5.41, 5.74) is 1.00. The number of amides is 1. The van der Waals surface area contributed by atoms with Gasteiger partial charge in [0.15, 0.2) is 0 Å². The minimum absolute atomic E-state index is 0.127. The van der Waals surface area contributed by atoms with Crippen LogP contribution in [0.15, 0.2) is 59.5 Å². The van der Waals surface area contributed by atoms with Gasteiger partial charge in [0.25, 0.3) is 15.9 Å². The first kappa shape index (κ1) is 19.4. The Hall–Kier alpha value is -2.38. The number of anilines is 1. The zero-order valence-electron chi connectivity index (χ0n) is 15.6. The third-order valence-corrected chi connectivity index (χ3v) is 6.56. The van der Waals surface area contributed by atoms with Gasteiger partial charge in [-0.15, -0.1) is 0 Å². The Morgan fingerprint density at radius 2 is 1.93 bits per heavy atom. The lowest BCUT2D eigenvalue weighted by Crippen LogP contribution is -2.51. The average molecular weight is 388 g/mol. The summed E-state index contributed by atoms with van der Waals surface area (Å²) in [5.74, 6) is -0.136. The van der Waals surface area contributed by atoms with Gasteiger partial charge < -0.3 is 10.2 Å². The second-order valence-electron chi connectivity index (χ2n) is 6.64. The highest BCUT2D eigenvalue weighted by atomic mass is 32.2. The molecule has 144 valence electrons. The smallest absolute Gasteiger partial charge is 0.264 e. The van der Waals surface area contributed by atoms with Crippen molar-refractivity contribution in [2.75, 3.05) is 30.5 Å². The van der Waals surface area contributed by atoms with E-state index in [4.69, 9.17) is 0 Å². The number of piperazine rings is 1. The minimum atomic E-state index is -3.75. The number of rotatable bonds is 5. The van der Waals surface area contributed by atoms with Crippen molar-refractivity contribution in [2.45, 2.75) is 24.8 Å². The van der Waals surface area contributed by atoms with Crippen LogP contribution >= 0.6 is 0 Å². The van der Waals surface area contributed by atoms with Gasteiger partial charge in [-0.1, -0.05) is 24.3 Å². The molecule has 7 heteroatoms. The summed E-state index contributed by atoms with van der Waals surface area (Å²) in [6.45, 7) is 6.09. The Labute approximate surface area is 160 Å². The van der Waals surface area contributed by atoms with Crippen LogP contribution in [0.3, 0.4) is 0 Å². The molecule has 1 unspecified atom stereocenters. The van der Waals surface area contributed by atoms with Crippen LogP contribution in [-0.4, -0.2) is 51.4 Å². The van der Waals surface area contributed by atoms with E-state index in [2.05, 4.69) is 5.32 Å². The van der Waals surface area contributed by atoms with Crippen molar-refractivity contribution >= 4 is 21.6 Å².